The molecule has 0 spiro atoms. The Morgan fingerprint density at radius 3 is 2.62 bits per heavy atom. The number of rotatable bonds is 3. The number of hydrogen-bond donors (Lipinski definition) is 1. The van der Waals surface area contributed by atoms with Crippen LogP contribution in [0, 0.1) is 22.9 Å². The first-order chi connectivity index (χ1) is 9.88. The van der Waals surface area contributed by atoms with Crippen LogP contribution >= 0.6 is 11.6 Å². The zero-order chi connectivity index (χ0) is 15.6. The lowest BCUT2D eigenvalue weighted by atomic mass is 10.1. The van der Waals surface area contributed by atoms with Gasteiger partial charge in [-0.05, 0) is 30.7 Å². The Balaban J connectivity index is 2.28. The standard InChI is InChI=1S/C14H10ClFN2O3/c1-8-2-5-12(16)13(6-8)17-14(19)10-4-3-9(18(20)21)7-11(10)15/h2-7H,1H3,(H,17,19). The van der Waals surface area contributed by atoms with E-state index < -0.39 is 16.6 Å². The zero-order valence-corrected chi connectivity index (χ0v) is 11.6. The fourth-order valence-electron chi connectivity index (χ4n) is 1.73. The largest absolute Gasteiger partial charge is 0.319 e. The molecule has 0 aliphatic heterocycles. The van der Waals surface area contributed by atoms with E-state index in [2.05, 4.69) is 5.32 Å². The fraction of sp³-hybridized carbons (Fsp3) is 0.0714. The summed E-state index contributed by atoms with van der Waals surface area (Å²) in [6, 6.07) is 7.75. The average molecular weight is 309 g/mol. The number of benzene rings is 2. The van der Waals surface area contributed by atoms with Crippen LogP contribution in [0.25, 0.3) is 0 Å². The maximum atomic E-state index is 13.6. The maximum absolute atomic E-state index is 13.6. The Labute approximate surface area is 124 Å². The second-order valence-electron chi connectivity index (χ2n) is 4.36. The van der Waals surface area contributed by atoms with Crippen LogP contribution in [0.3, 0.4) is 0 Å². The number of anilines is 1. The quantitative estimate of drug-likeness (QED) is 0.689. The van der Waals surface area contributed by atoms with E-state index in [-0.39, 0.29) is 22.0 Å². The number of hydrogen-bond acceptors (Lipinski definition) is 3. The Morgan fingerprint density at radius 2 is 2.00 bits per heavy atom. The molecule has 0 aromatic heterocycles. The zero-order valence-electron chi connectivity index (χ0n) is 10.9. The molecule has 21 heavy (non-hydrogen) atoms. The van der Waals surface area contributed by atoms with Crippen LogP contribution in [0.5, 0.6) is 0 Å². The van der Waals surface area contributed by atoms with Crippen molar-refractivity contribution in [2.45, 2.75) is 6.92 Å². The molecule has 0 saturated heterocycles. The molecule has 2 aromatic rings. The molecular formula is C14H10ClFN2O3. The molecule has 1 amide bonds. The van der Waals surface area contributed by atoms with Crippen molar-refractivity contribution in [1.29, 1.82) is 0 Å². The van der Waals surface area contributed by atoms with Crippen LogP contribution in [0.15, 0.2) is 36.4 Å². The van der Waals surface area contributed by atoms with Crippen molar-refractivity contribution in [2.75, 3.05) is 5.32 Å². The van der Waals surface area contributed by atoms with E-state index in [1.165, 1.54) is 18.2 Å². The van der Waals surface area contributed by atoms with Crippen molar-refractivity contribution >= 4 is 28.9 Å². The molecule has 0 heterocycles. The fourth-order valence-corrected chi connectivity index (χ4v) is 1.99. The molecule has 0 unspecified atom stereocenters. The highest BCUT2D eigenvalue weighted by atomic mass is 35.5. The Kier molecular flexibility index (Phi) is 4.18. The predicted octanol–water partition coefficient (Wildman–Crippen LogP) is 3.95. The number of non-ortho nitro benzene ring substituents is 1. The number of halogens is 2. The third-order valence-electron chi connectivity index (χ3n) is 2.78. The van der Waals surface area contributed by atoms with Crippen molar-refractivity contribution in [1.82, 2.24) is 0 Å². The number of aryl methyl sites for hydroxylation is 1. The summed E-state index contributed by atoms with van der Waals surface area (Å²) in [6.45, 7) is 1.76. The molecule has 0 saturated carbocycles. The summed E-state index contributed by atoms with van der Waals surface area (Å²) in [6.07, 6.45) is 0. The van der Waals surface area contributed by atoms with E-state index in [4.69, 9.17) is 11.6 Å². The topological polar surface area (TPSA) is 72.2 Å². The molecule has 0 atom stereocenters. The third kappa shape index (κ3) is 3.35. The lowest BCUT2D eigenvalue weighted by molar-refractivity contribution is -0.384. The third-order valence-corrected chi connectivity index (χ3v) is 3.09. The predicted molar refractivity (Wildman–Crippen MR) is 77.2 cm³/mol. The number of carbonyl (C=O) groups excluding carboxylic acids is 1. The minimum absolute atomic E-state index is 0.0226. The van der Waals surface area contributed by atoms with E-state index in [0.29, 0.717) is 0 Å². The van der Waals surface area contributed by atoms with Crippen molar-refractivity contribution in [3.05, 3.63) is 68.5 Å². The molecular weight excluding hydrogens is 299 g/mol. The molecule has 108 valence electrons. The highest BCUT2D eigenvalue weighted by molar-refractivity contribution is 6.34. The summed E-state index contributed by atoms with van der Waals surface area (Å²) in [5, 5.41) is 12.9. The van der Waals surface area contributed by atoms with E-state index >= 15 is 0 Å². The normalized spacial score (nSPS) is 10.2. The lowest BCUT2D eigenvalue weighted by Crippen LogP contribution is -2.13. The molecule has 2 aromatic carbocycles. The summed E-state index contributed by atoms with van der Waals surface area (Å²) < 4.78 is 13.6. The molecule has 5 nitrogen and oxygen atoms in total. The SMILES string of the molecule is Cc1ccc(F)c(NC(=O)c2ccc([N+](=O)[O-])cc2Cl)c1. The highest BCUT2D eigenvalue weighted by Gasteiger charge is 2.16. The highest BCUT2D eigenvalue weighted by Crippen LogP contribution is 2.24. The van der Waals surface area contributed by atoms with E-state index in [0.717, 1.165) is 17.7 Å². The summed E-state index contributed by atoms with van der Waals surface area (Å²) in [5.41, 5.74) is 0.609. The van der Waals surface area contributed by atoms with Gasteiger partial charge in [0.15, 0.2) is 0 Å². The summed E-state index contributed by atoms with van der Waals surface area (Å²) in [7, 11) is 0. The minimum atomic E-state index is -0.639. The second-order valence-corrected chi connectivity index (χ2v) is 4.77. The van der Waals surface area contributed by atoms with Crippen molar-refractivity contribution < 1.29 is 14.1 Å². The molecule has 1 N–H and O–H groups in total. The molecule has 0 radical (unpaired) electrons. The first-order valence-corrected chi connectivity index (χ1v) is 6.27. The summed E-state index contributed by atoms with van der Waals surface area (Å²) in [5.74, 6) is -1.22. The van der Waals surface area contributed by atoms with Gasteiger partial charge in [-0.1, -0.05) is 17.7 Å². The second kappa shape index (κ2) is 5.88. The summed E-state index contributed by atoms with van der Waals surface area (Å²) in [4.78, 5) is 22.0. The van der Waals surface area contributed by atoms with Gasteiger partial charge in [-0.25, -0.2) is 4.39 Å². The van der Waals surface area contributed by atoms with Gasteiger partial charge in [0.1, 0.15) is 5.82 Å². The first-order valence-electron chi connectivity index (χ1n) is 5.90. The van der Waals surface area contributed by atoms with Crippen LogP contribution in [0.2, 0.25) is 5.02 Å². The Bertz CT molecular complexity index is 734. The van der Waals surface area contributed by atoms with Crippen molar-refractivity contribution in [3.63, 3.8) is 0 Å². The van der Waals surface area contributed by atoms with Gasteiger partial charge in [-0.15, -0.1) is 0 Å². The van der Waals surface area contributed by atoms with Gasteiger partial charge in [0.2, 0.25) is 0 Å². The molecule has 7 heteroatoms. The van der Waals surface area contributed by atoms with E-state index in [1.807, 2.05) is 0 Å². The maximum Gasteiger partial charge on any atom is 0.270 e. The molecule has 0 aliphatic carbocycles. The first kappa shape index (κ1) is 14.9. The number of amides is 1. The monoisotopic (exact) mass is 308 g/mol. The number of nitrogens with one attached hydrogen (secondary N) is 1. The number of nitrogens with zero attached hydrogens (tertiary/aromatic N) is 1. The number of nitro groups is 1. The lowest BCUT2D eigenvalue weighted by Gasteiger charge is -2.08. The van der Waals surface area contributed by atoms with Gasteiger partial charge in [0.05, 0.1) is 21.2 Å². The van der Waals surface area contributed by atoms with Gasteiger partial charge in [0.25, 0.3) is 11.6 Å². The molecule has 0 aliphatic rings. The van der Waals surface area contributed by atoms with Crippen LogP contribution in [0.1, 0.15) is 15.9 Å². The molecule has 0 bridgehead atoms. The van der Waals surface area contributed by atoms with Gasteiger partial charge in [0, 0.05) is 12.1 Å². The smallest absolute Gasteiger partial charge is 0.270 e. The number of nitro benzene ring substituents is 1. The van der Waals surface area contributed by atoms with E-state index in [1.54, 1.807) is 13.0 Å². The minimum Gasteiger partial charge on any atom is -0.319 e. The average Bonchev–Trinajstić information content (AvgIpc) is 2.42. The van der Waals surface area contributed by atoms with Crippen LogP contribution in [-0.2, 0) is 0 Å². The van der Waals surface area contributed by atoms with Crippen LogP contribution < -0.4 is 5.32 Å². The van der Waals surface area contributed by atoms with Crippen molar-refractivity contribution in [3.8, 4) is 0 Å². The van der Waals surface area contributed by atoms with Gasteiger partial charge in [-0.3, -0.25) is 14.9 Å². The van der Waals surface area contributed by atoms with Crippen LogP contribution in [-0.4, -0.2) is 10.8 Å². The van der Waals surface area contributed by atoms with Gasteiger partial charge < -0.3 is 5.32 Å². The van der Waals surface area contributed by atoms with Gasteiger partial charge >= 0.3 is 0 Å². The Morgan fingerprint density at radius 1 is 1.29 bits per heavy atom. The summed E-state index contributed by atoms with van der Waals surface area (Å²) >= 11 is 5.85. The van der Waals surface area contributed by atoms with Crippen LogP contribution in [0.4, 0.5) is 15.8 Å². The Hall–Kier alpha value is -2.47. The van der Waals surface area contributed by atoms with Gasteiger partial charge in [-0.2, -0.15) is 0 Å². The molecule has 0 fully saturated rings. The number of carbonyl (C=O) groups is 1. The molecule has 2 rings (SSSR count). The van der Waals surface area contributed by atoms with E-state index in [9.17, 15) is 19.3 Å². The van der Waals surface area contributed by atoms with Crippen molar-refractivity contribution in [2.24, 2.45) is 0 Å².